The molecule has 114 valence electrons. The number of anilines is 1. The first-order valence-corrected chi connectivity index (χ1v) is 7.25. The van der Waals surface area contributed by atoms with Crippen LogP contribution in [0.1, 0.15) is 31.2 Å². The van der Waals surface area contributed by atoms with E-state index in [1.54, 1.807) is 0 Å². The SMILES string of the molecule is COC(=O)C1CCN(C(=O)C(C)c2cccc(N)c2)CC1. The minimum atomic E-state index is -0.219. The maximum absolute atomic E-state index is 12.5. The topological polar surface area (TPSA) is 72.6 Å². The quantitative estimate of drug-likeness (QED) is 0.680. The van der Waals surface area contributed by atoms with Gasteiger partial charge in [0, 0.05) is 18.8 Å². The van der Waals surface area contributed by atoms with Gasteiger partial charge >= 0.3 is 5.97 Å². The van der Waals surface area contributed by atoms with E-state index in [0.717, 1.165) is 5.56 Å². The van der Waals surface area contributed by atoms with E-state index in [4.69, 9.17) is 10.5 Å². The van der Waals surface area contributed by atoms with Crippen molar-refractivity contribution in [3.05, 3.63) is 29.8 Å². The zero-order valence-electron chi connectivity index (χ0n) is 12.5. The second-order valence-corrected chi connectivity index (χ2v) is 5.51. The molecule has 0 aromatic heterocycles. The highest BCUT2D eigenvalue weighted by Gasteiger charge is 2.30. The van der Waals surface area contributed by atoms with Gasteiger partial charge < -0.3 is 15.4 Å². The molecule has 0 aliphatic carbocycles. The predicted octanol–water partition coefficient (Wildman–Crippen LogP) is 1.78. The lowest BCUT2D eigenvalue weighted by molar-refractivity contribution is -0.149. The summed E-state index contributed by atoms with van der Waals surface area (Å²) in [5, 5.41) is 0. The number of methoxy groups -OCH3 is 1. The summed E-state index contributed by atoms with van der Waals surface area (Å²) in [5.74, 6) is -0.389. The summed E-state index contributed by atoms with van der Waals surface area (Å²) in [6, 6.07) is 7.42. The van der Waals surface area contributed by atoms with Gasteiger partial charge in [0.2, 0.25) is 5.91 Å². The number of likely N-dealkylation sites (tertiary alicyclic amines) is 1. The number of piperidine rings is 1. The average molecular weight is 290 g/mol. The lowest BCUT2D eigenvalue weighted by atomic mass is 9.94. The fraction of sp³-hybridized carbons (Fsp3) is 0.500. The highest BCUT2D eigenvalue weighted by atomic mass is 16.5. The van der Waals surface area contributed by atoms with Gasteiger partial charge in [0.1, 0.15) is 0 Å². The second-order valence-electron chi connectivity index (χ2n) is 5.51. The molecule has 1 aromatic carbocycles. The van der Waals surface area contributed by atoms with E-state index < -0.39 is 0 Å². The molecule has 1 atom stereocenters. The normalized spacial score (nSPS) is 17.3. The van der Waals surface area contributed by atoms with Crippen molar-refractivity contribution in [3.8, 4) is 0 Å². The van der Waals surface area contributed by atoms with Gasteiger partial charge in [-0.05, 0) is 37.5 Å². The van der Waals surface area contributed by atoms with Crippen LogP contribution in [0.3, 0.4) is 0 Å². The number of nitrogens with zero attached hydrogens (tertiary/aromatic N) is 1. The van der Waals surface area contributed by atoms with Gasteiger partial charge in [0.15, 0.2) is 0 Å². The number of rotatable bonds is 3. The molecule has 2 N–H and O–H groups in total. The van der Waals surface area contributed by atoms with Crippen LogP contribution in [0.2, 0.25) is 0 Å². The maximum Gasteiger partial charge on any atom is 0.308 e. The van der Waals surface area contributed by atoms with Crippen molar-refractivity contribution in [1.82, 2.24) is 4.90 Å². The van der Waals surface area contributed by atoms with Crippen molar-refractivity contribution in [3.63, 3.8) is 0 Å². The second kappa shape index (κ2) is 6.61. The van der Waals surface area contributed by atoms with E-state index in [1.807, 2.05) is 36.1 Å². The molecule has 1 aliphatic heterocycles. The molecular weight excluding hydrogens is 268 g/mol. The Bertz CT molecular complexity index is 522. The standard InChI is InChI=1S/C16H22N2O3/c1-11(13-4-3-5-14(17)10-13)15(19)18-8-6-12(7-9-18)16(20)21-2/h3-5,10-12H,6-9,17H2,1-2H3. The van der Waals surface area contributed by atoms with E-state index in [2.05, 4.69) is 0 Å². The molecule has 1 aliphatic rings. The number of carbonyl (C=O) groups excluding carboxylic acids is 2. The van der Waals surface area contributed by atoms with Gasteiger partial charge in [-0.15, -0.1) is 0 Å². The number of hydrogen-bond donors (Lipinski definition) is 1. The minimum Gasteiger partial charge on any atom is -0.469 e. The molecule has 21 heavy (non-hydrogen) atoms. The predicted molar refractivity (Wildman–Crippen MR) is 80.6 cm³/mol. The van der Waals surface area contributed by atoms with Crippen molar-refractivity contribution in [2.45, 2.75) is 25.7 Å². The summed E-state index contributed by atoms with van der Waals surface area (Å²) in [6.45, 7) is 3.10. The van der Waals surface area contributed by atoms with Crippen molar-refractivity contribution in [2.75, 3.05) is 25.9 Å². The molecule has 1 heterocycles. The van der Waals surface area contributed by atoms with Crippen LogP contribution in [0, 0.1) is 5.92 Å². The fourth-order valence-corrected chi connectivity index (χ4v) is 2.75. The van der Waals surface area contributed by atoms with Crippen molar-refractivity contribution >= 4 is 17.6 Å². The number of ether oxygens (including phenoxy) is 1. The molecule has 0 spiro atoms. The van der Waals surface area contributed by atoms with Crippen LogP contribution < -0.4 is 5.73 Å². The Kier molecular flexibility index (Phi) is 4.83. The average Bonchev–Trinajstić information content (AvgIpc) is 2.53. The number of carbonyl (C=O) groups is 2. The number of benzene rings is 1. The molecule has 0 saturated carbocycles. The highest BCUT2D eigenvalue weighted by molar-refractivity contribution is 5.84. The molecule has 5 nitrogen and oxygen atoms in total. The maximum atomic E-state index is 12.5. The molecule has 1 saturated heterocycles. The van der Waals surface area contributed by atoms with Crippen LogP contribution >= 0.6 is 0 Å². The van der Waals surface area contributed by atoms with Crippen molar-refractivity contribution in [1.29, 1.82) is 0 Å². The summed E-state index contributed by atoms with van der Waals surface area (Å²) in [7, 11) is 1.40. The minimum absolute atomic E-state index is 0.0817. The molecule has 0 bridgehead atoms. The molecule has 1 fully saturated rings. The number of nitrogen functional groups attached to an aromatic ring is 1. The van der Waals surface area contributed by atoms with E-state index >= 15 is 0 Å². The van der Waals surface area contributed by atoms with Crippen molar-refractivity contribution < 1.29 is 14.3 Å². The van der Waals surface area contributed by atoms with E-state index in [-0.39, 0.29) is 23.7 Å². The number of esters is 1. The number of amides is 1. The van der Waals surface area contributed by atoms with Crippen LogP contribution in [0.4, 0.5) is 5.69 Å². The zero-order chi connectivity index (χ0) is 15.4. The van der Waals surface area contributed by atoms with E-state index in [9.17, 15) is 9.59 Å². The molecule has 1 amide bonds. The van der Waals surface area contributed by atoms with Crippen LogP contribution in [-0.4, -0.2) is 37.0 Å². The van der Waals surface area contributed by atoms with Gasteiger partial charge in [-0.25, -0.2) is 0 Å². The zero-order valence-corrected chi connectivity index (χ0v) is 12.5. The Labute approximate surface area is 125 Å². The van der Waals surface area contributed by atoms with Crippen LogP contribution in [0.15, 0.2) is 24.3 Å². The summed E-state index contributed by atoms with van der Waals surface area (Å²) in [4.78, 5) is 25.8. The number of hydrogen-bond acceptors (Lipinski definition) is 4. The monoisotopic (exact) mass is 290 g/mol. The molecule has 0 radical (unpaired) electrons. The van der Waals surface area contributed by atoms with Crippen LogP contribution in [-0.2, 0) is 14.3 Å². The third-order valence-corrected chi connectivity index (χ3v) is 4.12. The van der Waals surface area contributed by atoms with Gasteiger partial charge in [0.25, 0.3) is 0 Å². The third-order valence-electron chi connectivity index (χ3n) is 4.12. The lowest BCUT2D eigenvalue weighted by Gasteiger charge is -2.32. The Morgan fingerprint density at radius 1 is 1.33 bits per heavy atom. The first-order chi connectivity index (χ1) is 10.0. The molecule has 1 unspecified atom stereocenters. The van der Waals surface area contributed by atoms with E-state index in [0.29, 0.717) is 31.6 Å². The summed E-state index contributed by atoms with van der Waals surface area (Å²) in [6.07, 6.45) is 1.34. The molecule has 2 rings (SSSR count). The molecule has 5 heteroatoms. The van der Waals surface area contributed by atoms with Gasteiger partial charge in [-0.3, -0.25) is 9.59 Å². The first-order valence-electron chi connectivity index (χ1n) is 7.25. The van der Waals surface area contributed by atoms with Crippen LogP contribution in [0.25, 0.3) is 0 Å². The largest absolute Gasteiger partial charge is 0.469 e. The number of nitrogens with two attached hydrogens (primary N) is 1. The smallest absolute Gasteiger partial charge is 0.308 e. The third kappa shape index (κ3) is 3.54. The fourth-order valence-electron chi connectivity index (χ4n) is 2.75. The van der Waals surface area contributed by atoms with Gasteiger partial charge in [-0.1, -0.05) is 12.1 Å². The Hall–Kier alpha value is -2.04. The van der Waals surface area contributed by atoms with E-state index in [1.165, 1.54) is 7.11 Å². The summed E-state index contributed by atoms with van der Waals surface area (Å²) >= 11 is 0. The molecule has 1 aromatic rings. The first kappa shape index (κ1) is 15.4. The Morgan fingerprint density at radius 3 is 2.57 bits per heavy atom. The molecular formula is C16H22N2O3. The highest BCUT2D eigenvalue weighted by Crippen LogP contribution is 2.24. The lowest BCUT2D eigenvalue weighted by Crippen LogP contribution is -2.42. The van der Waals surface area contributed by atoms with Gasteiger partial charge in [-0.2, -0.15) is 0 Å². The van der Waals surface area contributed by atoms with Crippen molar-refractivity contribution in [2.24, 2.45) is 5.92 Å². The Balaban J connectivity index is 1.97. The summed E-state index contributed by atoms with van der Waals surface area (Å²) < 4.78 is 4.76. The van der Waals surface area contributed by atoms with Crippen LogP contribution in [0.5, 0.6) is 0 Å². The summed E-state index contributed by atoms with van der Waals surface area (Å²) in [5.41, 5.74) is 7.35. The van der Waals surface area contributed by atoms with Gasteiger partial charge in [0.05, 0.1) is 18.9 Å². The Morgan fingerprint density at radius 2 is 2.00 bits per heavy atom.